The van der Waals surface area contributed by atoms with Crippen molar-refractivity contribution in [3.63, 3.8) is 0 Å². The van der Waals surface area contributed by atoms with Crippen LogP contribution in [0.25, 0.3) is 0 Å². The van der Waals surface area contributed by atoms with E-state index in [-0.39, 0.29) is 17.9 Å². The lowest BCUT2D eigenvalue weighted by Crippen LogP contribution is -2.53. The van der Waals surface area contributed by atoms with Crippen molar-refractivity contribution in [3.05, 3.63) is 65.2 Å². The molecular formula is C23H23N3O4S. The Morgan fingerprint density at radius 2 is 1.52 bits per heavy atom. The van der Waals surface area contributed by atoms with E-state index in [9.17, 15) is 19.2 Å². The fourth-order valence-corrected chi connectivity index (χ4v) is 4.37. The van der Waals surface area contributed by atoms with Crippen LogP contribution in [0, 0.1) is 0 Å². The predicted octanol–water partition coefficient (Wildman–Crippen LogP) is 2.38. The average Bonchev–Trinajstić information content (AvgIpc) is 3.04. The molecule has 2 aliphatic heterocycles. The number of piperidine rings is 1. The van der Waals surface area contributed by atoms with Crippen LogP contribution >= 0.6 is 12.6 Å². The van der Waals surface area contributed by atoms with Crippen molar-refractivity contribution in [3.8, 4) is 0 Å². The summed E-state index contributed by atoms with van der Waals surface area (Å²) in [5, 5.41) is 3.00. The summed E-state index contributed by atoms with van der Waals surface area (Å²) >= 11 is 4.32. The van der Waals surface area contributed by atoms with Gasteiger partial charge in [-0.15, -0.1) is 12.6 Å². The zero-order chi connectivity index (χ0) is 22.1. The second-order valence-corrected chi connectivity index (χ2v) is 8.27. The lowest BCUT2D eigenvalue weighted by atomic mass is 10.0. The van der Waals surface area contributed by atoms with E-state index < -0.39 is 17.9 Å². The van der Waals surface area contributed by atoms with Crippen LogP contribution in [-0.2, 0) is 4.79 Å². The molecule has 1 N–H and O–H groups in total. The lowest BCUT2D eigenvalue weighted by Gasteiger charge is -2.35. The molecule has 1 atom stereocenters. The number of carbonyl (C=O) groups excluding carboxylic acids is 4. The number of nitrogens with zero attached hydrogens (tertiary/aromatic N) is 2. The number of rotatable bonds is 4. The minimum absolute atomic E-state index is 0.0564. The molecule has 1 unspecified atom stereocenters. The van der Waals surface area contributed by atoms with Crippen molar-refractivity contribution in [1.82, 2.24) is 15.1 Å². The minimum Gasteiger partial charge on any atom is -0.349 e. The third kappa shape index (κ3) is 3.95. The van der Waals surface area contributed by atoms with Gasteiger partial charge in [0.15, 0.2) is 0 Å². The Kier molecular flexibility index (Phi) is 5.82. The molecule has 4 rings (SSSR count). The molecule has 0 aliphatic carbocycles. The second kappa shape index (κ2) is 8.55. The van der Waals surface area contributed by atoms with E-state index in [1.807, 2.05) is 6.07 Å². The summed E-state index contributed by atoms with van der Waals surface area (Å²) < 4.78 is 0. The molecule has 2 heterocycles. The molecule has 7 nitrogen and oxygen atoms in total. The molecule has 0 saturated carbocycles. The van der Waals surface area contributed by atoms with Crippen molar-refractivity contribution >= 4 is 36.3 Å². The van der Waals surface area contributed by atoms with Crippen molar-refractivity contribution < 1.29 is 19.2 Å². The van der Waals surface area contributed by atoms with Gasteiger partial charge in [0.1, 0.15) is 6.04 Å². The quantitative estimate of drug-likeness (QED) is 0.568. The highest BCUT2D eigenvalue weighted by atomic mass is 32.1. The van der Waals surface area contributed by atoms with E-state index in [0.29, 0.717) is 47.5 Å². The molecule has 160 valence electrons. The van der Waals surface area contributed by atoms with Gasteiger partial charge in [-0.05, 0) is 44.0 Å². The maximum Gasteiger partial charge on any atom is 0.262 e. The number of carbonyl (C=O) groups is 4. The van der Waals surface area contributed by atoms with Gasteiger partial charge in [-0.2, -0.15) is 0 Å². The number of fused-ring (bicyclic) bond motifs is 1. The van der Waals surface area contributed by atoms with E-state index in [1.54, 1.807) is 54.3 Å². The van der Waals surface area contributed by atoms with Crippen LogP contribution in [0.4, 0.5) is 0 Å². The summed E-state index contributed by atoms with van der Waals surface area (Å²) in [6.45, 7) is 2.47. The van der Waals surface area contributed by atoms with Gasteiger partial charge in [0.05, 0.1) is 16.7 Å². The van der Waals surface area contributed by atoms with Gasteiger partial charge in [0.25, 0.3) is 17.7 Å². The molecule has 2 aliphatic rings. The zero-order valence-corrected chi connectivity index (χ0v) is 18.0. The number of benzene rings is 2. The van der Waals surface area contributed by atoms with Crippen LogP contribution in [0.3, 0.4) is 0 Å². The first-order chi connectivity index (χ1) is 14.9. The molecule has 0 radical (unpaired) electrons. The van der Waals surface area contributed by atoms with Crippen LogP contribution in [0.15, 0.2) is 53.4 Å². The number of imide groups is 1. The molecule has 4 amide bonds. The number of likely N-dealkylation sites (tertiary alicyclic amines) is 1. The molecule has 2 aromatic carbocycles. The fourth-order valence-electron chi connectivity index (χ4n) is 4.11. The van der Waals surface area contributed by atoms with Crippen LogP contribution < -0.4 is 5.32 Å². The molecule has 0 spiro atoms. The number of hydrogen-bond acceptors (Lipinski definition) is 5. The Bertz CT molecular complexity index is 1030. The Morgan fingerprint density at radius 1 is 0.968 bits per heavy atom. The average molecular weight is 438 g/mol. The van der Waals surface area contributed by atoms with Crippen molar-refractivity contribution in [2.45, 2.75) is 36.7 Å². The molecule has 8 heteroatoms. The Balaban J connectivity index is 1.35. The smallest absolute Gasteiger partial charge is 0.262 e. The van der Waals surface area contributed by atoms with Gasteiger partial charge in [0, 0.05) is 24.0 Å². The number of thiol groups is 1. The van der Waals surface area contributed by atoms with Gasteiger partial charge in [-0.25, -0.2) is 0 Å². The van der Waals surface area contributed by atoms with Crippen molar-refractivity contribution in [2.75, 3.05) is 13.1 Å². The van der Waals surface area contributed by atoms with E-state index >= 15 is 0 Å². The molecular weight excluding hydrogens is 414 g/mol. The van der Waals surface area contributed by atoms with E-state index in [2.05, 4.69) is 17.9 Å². The highest BCUT2D eigenvalue weighted by molar-refractivity contribution is 7.80. The van der Waals surface area contributed by atoms with Crippen LogP contribution in [0.5, 0.6) is 0 Å². The summed E-state index contributed by atoms with van der Waals surface area (Å²) in [6, 6.07) is 12.8. The van der Waals surface area contributed by atoms with Gasteiger partial charge in [0.2, 0.25) is 5.91 Å². The molecule has 0 bridgehead atoms. The summed E-state index contributed by atoms with van der Waals surface area (Å²) in [4.78, 5) is 54.1. The summed E-state index contributed by atoms with van der Waals surface area (Å²) in [6.07, 6.45) is 1.20. The Labute approximate surface area is 185 Å². The SMILES string of the molecule is CC(C(=O)N1CCC(NC(=O)c2ccccc2S)CC1)N1C(=O)c2ccccc2C1=O. The lowest BCUT2D eigenvalue weighted by molar-refractivity contribution is -0.136. The fraction of sp³-hybridized carbons (Fsp3) is 0.304. The highest BCUT2D eigenvalue weighted by Gasteiger charge is 2.42. The van der Waals surface area contributed by atoms with Gasteiger partial charge in [-0.3, -0.25) is 24.1 Å². The standard InChI is InChI=1S/C23H23N3O4S/c1-14(26-22(29)16-6-2-3-7-17(16)23(26)30)21(28)25-12-10-15(11-13-25)24-20(27)18-8-4-5-9-19(18)31/h2-9,14-15,31H,10-13H2,1H3,(H,24,27). The van der Waals surface area contributed by atoms with E-state index in [4.69, 9.17) is 0 Å². The molecule has 0 aromatic heterocycles. The molecule has 1 saturated heterocycles. The summed E-state index contributed by atoms with van der Waals surface area (Å²) in [5.41, 5.74) is 1.18. The monoisotopic (exact) mass is 437 g/mol. The molecule has 2 aromatic rings. The first kappa shape index (κ1) is 21.1. The minimum atomic E-state index is -0.880. The number of amides is 4. The van der Waals surface area contributed by atoms with Crippen LogP contribution in [-0.4, -0.2) is 58.6 Å². The van der Waals surface area contributed by atoms with Gasteiger partial charge in [-0.1, -0.05) is 24.3 Å². The molecule has 31 heavy (non-hydrogen) atoms. The highest BCUT2D eigenvalue weighted by Crippen LogP contribution is 2.25. The first-order valence-electron chi connectivity index (χ1n) is 10.2. The number of hydrogen-bond donors (Lipinski definition) is 2. The van der Waals surface area contributed by atoms with Crippen molar-refractivity contribution in [2.24, 2.45) is 0 Å². The summed E-state index contributed by atoms with van der Waals surface area (Å²) in [7, 11) is 0. The Hall–Kier alpha value is -3.13. The second-order valence-electron chi connectivity index (χ2n) is 7.79. The van der Waals surface area contributed by atoms with E-state index in [1.165, 1.54) is 0 Å². The van der Waals surface area contributed by atoms with Crippen LogP contribution in [0.2, 0.25) is 0 Å². The third-order valence-corrected chi connectivity index (χ3v) is 6.25. The zero-order valence-electron chi connectivity index (χ0n) is 17.1. The normalized spacial score (nSPS) is 17.5. The largest absolute Gasteiger partial charge is 0.349 e. The first-order valence-corrected chi connectivity index (χ1v) is 10.7. The topological polar surface area (TPSA) is 86.8 Å². The van der Waals surface area contributed by atoms with Gasteiger partial charge < -0.3 is 10.2 Å². The molecule has 1 fully saturated rings. The van der Waals surface area contributed by atoms with Gasteiger partial charge >= 0.3 is 0 Å². The van der Waals surface area contributed by atoms with E-state index in [0.717, 1.165) is 4.90 Å². The van der Waals surface area contributed by atoms with Crippen LogP contribution in [0.1, 0.15) is 50.8 Å². The number of nitrogens with one attached hydrogen (secondary N) is 1. The van der Waals surface area contributed by atoms with Crippen molar-refractivity contribution in [1.29, 1.82) is 0 Å². The third-order valence-electron chi connectivity index (χ3n) is 5.86. The summed E-state index contributed by atoms with van der Waals surface area (Å²) in [5.74, 6) is -1.32. The maximum atomic E-state index is 13.0. The Morgan fingerprint density at radius 3 is 2.10 bits per heavy atom. The predicted molar refractivity (Wildman–Crippen MR) is 117 cm³/mol. The maximum absolute atomic E-state index is 13.0.